The Kier molecular flexibility index (Phi) is 8.31. The summed E-state index contributed by atoms with van der Waals surface area (Å²) in [5.74, 6) is -0.511. The van der Waals surface area contributed by atoms with Crippen LogP contribution in [0.3, 0.4) is 0 Å². The Labute approximate surface area is 225 Å². The molecule has 3 aromatic heterocycles. The number of likely N-dealkylation sites (tertiary alicyclic amines) is 1. The van der Waals surface area contributed by atoms with Gasteiger partial charge in [0.1, 0.15) is 5.82 Å². The molecule has 4 heterocycles. The SMILES string of the molecule is CC.Cc1cc(C)cc(C(=O)NC2CN(C(=O)c3nc(N[C@@H](C)c4cncc(F)c4)nc4ccsc34)C2)c1. The molecule has 2 amide bonds. The Bertz CT molecular complexity index is 1450. The summed E-state index contributed by atoms with van der Waals surface area (Å²) < 4.78 is 14.3. The van der Waals surface area contributed by atoms with Crippen LogP contribution in [0, 0.1) is 19.7 Å². The number of aryl methyl sites for hydroxylation is 2. The summed E-state index contributed by atoms with van der Waals surface area (Å²) in [6, 6.07) is 8.52. The average molecular weight is 535 g/mol. The first kappa shape index (κ1) is 27.1. The molecule has 0 aliphatic carbocycles. The number of aromatic nitrogens is 3. The first-order valence-corrected chi connectivity index (χ1v) is 13.5. The van der Waals surface area contributed by atoms with Gasteiger partial charge in [-0.25, -0.2) is 14.4 Å². The molecule has 1 atom stereocenters. The maximum absolute atomic E-state index is 13.6. The minimum Gasteiger partial charge on any atom is -0.348 e. The molecule has 0 unspecified atom stereocenters. The van der Waals surface area contributed by atoms with Gasteiger partial charge >= 0.3 is 0 Å². The van der Waals surface area contributed by atoms with Gasteiger partial charge in [0, 0.05) is 24.8 Å². The van der Waals surface area contributed by atoms with E-state index < -0.39 is 5.82 Å². The third kappa shape index (κ3) is 5.96. The number of fused-ring (bicyclic) bond motifs is 1. The van der Waals surface area contributed by atoms with Crippen LogP contribution in [0.2, 0.25) is 0 Å². The van der Waals surface area contributed by atoms with Crippen molar-refractivity contribution in [3.63, 3.8) is 0 Å². The van der Waals surface area contributed by atoms with E-state index in [1.165, 1.54) is 17.4 Å². The van der Waals surface area contributed by atoms with Crippen molar-refractivity contribution in [3.05, 3.63) is 81.9 Å². The number of hydrogen-bond acceptors (Lipinski definition) is 7. The molecule has 1 aliphatic heterocycles. The largest absolute Gasteiger partial charge is 0.348 e. The van der Waals surface area contributed by atoms with E-state index in [4.69, 9.17) is 0 Å². The molecule has 8 nitrogen and oxygen atoms in total. The minimum absolute atomic E-state index is 0.124. The number of thiophene rings is 1. The Morgan fingerprint density at radius 1 is 1.08 bits per heavy atom. The van der Waals surface area contributed by atoms with Gasteiger partial charge in [0.05, 0.1) is 28.5 Å². The molecule has 0 spiro atoms. The third-order valence-electron chi connectivity index (χ3n) is 6.07. The smallest absolute Gasteiger partial charge is 0.274 e. The Balaban J connectivity index is 0.00000164. The van der Waals surface area contributed by atoms with Crippen molar-refractivity contribution in [2.75, 3.05) is 18.4 Å². The molecule has 4 aromatic rings. The molecule has 198 valence electrons. The van der Waals surface area contributed by atoms with Crippen molar-refractivity contribution in [2.45, 2.75) is 46.7 Å². The number of nitrogens with one attached hydrogen (secondary N) is 2. The van der Waals surface area contributed by atoms with E-state index in [0.29, 0.717) is 40.1 Å². The average Bonchev–Trinajstić information content (AvgIpc) is 3.34. The van der Waals surface area contributed by atoms with Crippen LogP contribution in [0.1, 0.15) is 64.3 Å². The maximum Gasteiger partial charge on any atom is 0.274 e. The van der Waals surface area contributed by atoms with E-state index in [2.05, 4.69) is 25.6 Å². The van der Waals surface area contributed by atoms with E-state index in [1.807, 2.05) is 64.3 Å². The topological polar surface area (TPSA) is 100 Å². The number of carbonyl (C=O) groups excluding carboxylic acids is 2. The molecule has 10 heteroatoms. The first-order valence-electron chi connectivity index (χ1n) is 12.6. The second-order valence-electron chi connectivity index (χ2n) is 9.09. The third-order valence-corrected chi connectivity index (χ3v) is 6.98. The first-order chi connectivity index (χ1) is 18.3. The highest BCUT2D eigenvalue weighted by molar-refractivity contribution is 7.17. The van der Waals surface area contributed by atoms with Crippen LogP contribution in [0.25, 0.3) is 10.2 Å². The van der Waals surface area contributed by atoms with Crippen molar-refractivity contribution in [3.8, 4) is 0 Å². The predicted molar refractivity (Wildman–Crippen MR) is 148 cm³/mol. The van der Waals surface area contributed by atoms with Gasteiger partial charge in [0.2, 0.25) is 5.95 Å². The van der Waals surface area contributed by atoms with Crippen molar-refractivity contribution in [1.82, 2.24) is 25.2 Å². The fourth-order valence-electron chi connectivity index (χ4n) is 4.28. The van der Waals surface area contributed by atoms with E-state index >= 15 is 0 Å². The highest BCUT2D eigenvalue weighted by Gasteiger charge is 2.34. The number of halogens is 1. The van der Waals surface area contributed by atoms with E-state index in [0.717, 1.165) is 17.3 Å². The molecule has 38 heavy (non-hydrogen) atoms. The van der Waals surface area contributed by atoms with Crippen LogP contribution in [-0.2, 0) is 0 Å². The lowest BCUT2D eigenvalue weighted by Crippen LogP contribution is -2.61. The molecule has 0 radical (unpaired) electrons. The predicted octanol–water partition coefficient (Wildman–Crippen LogP) is 5.30. The summed E-state index contributed by atoms with van der Waals surface area (Å²) in [4.78, 5) is 40.6. The fraction of sp³-hybridized carbons (Fsp3) is 0.321. The molecule has 0 saturated carbocycles. The highest BCUT2D eigenvalue weighted by atomic mass is 32.1. The lowest BCUT2D eigenvalue weighted by atomic mass is 10.0. The molecule has 5 rings (SSSR count). The molecule has 0 bridgehead atoms. The zero-order valence-corrected chi connectivity index (χ0v) is 22.9. The van der Waals surface area contributed by atoms with Crippen LogP contribution in [0.5, 0.6) is 0 Å². The molecule has 1 aliphatic rings. The van der Waals surface area contributed by atoms with Crippen molar-refractivity contribution < 1.29 is 14.0 Å². The monoisotopic (exact) mass is 534 g/mol. The summed E-state index contributed by atoms with van der Waals surface area (Å²) in [6.07, 6.45) is 2.72. The van der Waals surface area contributed by atoms with E-state index in [9.17, 15) is 14.0 Å². The molecular weight excluding hydrogens is 503 g/mol. The summed E-state index contributed by atoms with van der Waals surface area (Å²) in [5, 5.41) is 8.02. The summed E-state index contributed by atoms with van der Waals surface area (Å²) in [6.45, 7) is 10.6. The van der Waals surface area contributed by atoms with Gasteiger partial charge in [-0.2, -0.15) is 0 Å². The summed E-state index contributed by atoms with van der Waals surface area (Å²) in [7, 11) is 0. The number of rotatable bonds is 6. The van der Waals surface area contributed by atoms with Crippen LogP contribution < -0.4 is 10.6 Å². The van der Waals surface area contributed by atoms with Gasteiger partial charge in [-0.05, 0) is 56.0 Å². The molecule has 1 fully saturated rings. The zero-order chi connectivity index (χ0) is 27.4. The Morgan fingerprint density at radius 3 is 2.47 bits per heavy atom. The second kappa shape index (κ2) is 11.6. The van der Waals surface area contributed by atoms with Crippen LogP contribution in [-0.4, -0.2) is 50.8 Å². The van der Waals surface area contributed by atoms with Gasteiger partial charge in [-0.1, -0.05) is 31.0 Å². The maximum atomic E-state index is 13.6. The minimum atomic E-state index is -0.428. The van der Waals surface area contributed by atoms with E-state index in [1.54, 1.807) is 11.1 Å². The van der Waals surface area contributed by atoms with Crippen molar-refractivity contribution in [2.24, 2.45) is 0 Å². The number of pyridine rings is 1. The quantitative estimate of drug-likeness (QED) is 0.348. The number of hydrogen-bond donors (Lipinski definition) is 2. The fourth-order valence-corrected chi connectivity index (χ4v) is 5.09. The number of anilines is 1. The highest BCUT2D eigenvalue weighted by Crippen LogP contribution is 2.27. The van der Waals surface area contributed by atoms with Crippen LogP contribution in [0.15, 0.2) is 48.1 Å². The number of carbonyl (C=O) groups is 2. The number of amides is 2. The van der Waals surface area contributed by atoms with Gasteiger partial charge in [-0.3, -0.25) is 14.6 Å². The lowest BCUT2D eigenvalue weighted by molar-refractivity contribution is 0.0539. The van der Waals surface area contributed by atoms with Gasteiger partial charge in [0.15, 0.2) is 5.69 Å². The van der Waals surface area contributed by atoms with Gasteiger partial charge in [0.25, 0.3) is 11.8 Å². The van der Waals surface area contributed by atoms with Crippen LogP contribution >= 0.6 is 11.3 Å². The van der Waals surface area contributed by atoms with Crippen LogP contribution in [0.4, 0.5) is 10.3 Å². The molecule has 1 saturated heterocycles. The molecule has 2 N–H and O–H groups in total. The van der Waals surface area contributed by atoms with E-state index in [-0.39, 0.29) is 29.8 Å². The van der Waals surface area contributed by atoms with Gasteiger partial charge < -0.3 is 15.5 Å². The second-order valence-corrected chi connectivity index (χ2v) is 10.0. The van der Waals surface area contributed by atoms with Gasteiger partial charge in [-0.15, -0.1) is 11.3 Å². The standard InChI is InChI=1S/C26H25FN6O2S.C2H6/c1-14-6-15(2)8-17(7-14)24(34)30-20-12-33(13-20)25(35)22-23-21(4-5-36-23)31-26(32-22)29-16(3)18-9-19(27)11-28-10-18;1-2/h4-11,16,20H,12-13H2,1-3H3,(H,30,34)(H,29,31,32);1-2H3/t16-;/m0./s1. The molecular formula is C28H31FN6O2S. The Morgan fingerprint density at radius 2 is 1.79 bits per heavy atom. The molecule has 1 aromatic carbocycles. The van der Waals surface area contributed by atoms with Crippen molar-refractivity contribution in [1.29, 1.82) is 0 Å². The van der Waals surface area contributed by atoms with Crippen molar-refractivity contribution >= 4 is 39.3 Å². The summed E-state index contributed by atoms with van der Waals surface area (Å²) >= 11 is 1.40. The normalized spacial score (nSPS) is 13.8. The number of nitrogens with zero attached hydrogens (tertiary/aromatic N) is 4. The lowest BCUT2D eigenvalue weighted by Gasteiger charge is -2.39. The zero-order valence-electron chi connectivity index (χ0n) is 22.1. The Hall–Kier alpha value is -3.92. The summed E-state index contributed by atoms with van der Waals surface area (Å²) in [5.41, 5.74) is 4.28. The number of benzene rings is 1.